The van der Waals surface area contributed by atoms with Gasteiger partial charge in [0.25, 0.3) is 0 Å². The van der Waals surface area contributed by atoms with Crippen LogP contribution in [0.25, 0.3) is 211 Å². The molecule has 0 bridgehead atoms. The van der Waals surface area contributed by atoms with Crippen LogP contribution in [-0.4, -0.2) is 43.2 Å². The molecule has 0 spiro atoms. The van der Waals surface area contributed by atoms with E-state index in [0.717, 1.165) is 206 Å². The summed E-state index contributed by atoms with van der Waals surface area (Å²) in [4.78, 5) is 21.9. The number of aromatic nitrogens is 9. The van der Waals surface area contributed by atoms with E-state index in [0.29, 0.717) is 0 Å². The molecule has 0 aliphatic rings. The van der Waals surface area contributed by atoms with Crippen LogP contribution in [-0.2, 0) is 0 Å². The van der Waals surface area contributed by atoms with Crippen molar-refractivity contribution in [3.05, 3.63) is 420 Å². The lowest BCUT2D eigenvalue weighted by atomic mass is 9.99. The SMILES string of the molecule is c1ccc(-c2cc3ccc4c(c5ccccc5n4-c4cc(-c5cccnc5)cc(-c5cccnc5)c4)c3o2)cc1.c1ccc(-c2cc3ccc4c(c5ccccc5n4-c4cc(-c5ccncc5)cc(-c5ccncc5)c4)c3o2)cc1.c1ccc(-c2cc3ccc4c(c5ccccc5n4-c4ccc(-c5nccn5-c5ccccc5)cc4)c3o2)cc1. The Labute approximate surface area is 683 Å². The highest BCUT2D eigenvalue weighted by Gasteiger charge is 2.24. The Morgan fingerprint density at radius 1 is 0.210 bits per heavy atom. The molecule has 13 aromatic carbocycles. The minimum Gasteiger partial charge on any atom is -0.455 e. The normalized spacial score (nSPS) is 11.5. The van der Waals surface area contributed by atoms with Gasteiger partial charge in [-0.1, -0.05) is 176 Å². The quantitative estimate of drug-likeness (QED) is 0.118. The second-order valence-electron chi connectivity index (χ2n) is 29.6. The molecule has 24 aromatic rings. The minimum absolute atomic E-state index is 0.873. The van der Waals surface area contributed by atoms with E-state index in [-0.39, 0.29) is 0 Å². The molecular formula is C107H69N9O3. The average molecular weight is 1530 g/mol. The van der Waals surface area contributed by atoms with Crippen LogP contribution in [0.2, 0.25) is 0 Å². The van der Waals surface area contributed by atoms with Gasteiger partial charge in [0, 0.05) is 150 Å². The minimum atomic E-state index is 0.873. The van der Waals surface area contributed by atoms with Crippen molar-refractivity contribution in [2.45, 2.75) is 0 Å². The maximum atomic E-state index is 6.58. The van der Waals surface area contributed by atoms with Crippen LogP contribution in [0.3, 0.4) is 0 Å². The van der Waals surface area contributed by atoms with Gasteiger partial charge in [0.05, 0.1) is 49.3 Å². The Kier molecular flexibility index (Phi) is 17.3. The van der Waals surface area contributed by atoms with E-state index < -0.39 is 0 Å². The van der Waals surface area contributed by atoms with E-state index in [9.17, 15) is 0 Å². The highest BCUT2D eigenvalue weighted by atomic mass is 16.3. The Morgan fingerprint density at radius 3 is 0.950 bits per heavy atom. The van der Waals surface area contributed by atoms with Gasteiger partial charge in [-0.2, -0.15) is 0 Å². The van der Waals surface area contributed by atoms with E-state index in [1.807, 2.05) is 135 Å². The lowest BCUT2D eigenvalue weighted by Gasteiger charge is -2.14. The third kappa shape index (κ3) is 12.6. The van der Waals surface area contributed by atoms with Crippen molar-refractivity contribution < 1.29 is 13.3 Å². The summed E-state index contributed by atoms with van der Waals surface area (Å²) in [6.45, 7) is 0. The molecule has 0 unspecified atom stereocenters. The number of pyridine rings is 4. The fourth-order valence-electron chi connectivity index (χ4n) is 17.1. The Bertz CT molecular complexity index is 7440. The predicted molar refractivity (Wildman–Crippen MR) is 483 cm³/mol. The highest BCUT2D eigenvalue weighted by Crippen LogP contribution is 2.46. The molecule has 560 valence electrons. The summed E-state index contributed by atoms with van der Waals surface area (Å²) in [5.41, 5.74) is 26.9. The first-order chi connectivity index (χ1) is 59.0. The van der Waals surface area contributed by atoms with Gasteiger partial charge in [-0.05, 0) is 215 Å². The second-order valence-corrected chi connectivity index (χ2v) is 29.6. The molecule has 0 radical (unpaired) electrons. The van der Waals surface area contributed by atoms with Crippen molar-refractivity contribution >= 4 is 98.3 Å². The van der Waals surface area contributed by atoms with Crippen LogP contribution in [0, 0.1) is 0 Å². The first-order valence-electron chi connectivity index (χ1n) is 39.7. The zero-order valence-electron chi connectivity index (χ0n) is 64.1. The molecular weight excluding hydrogens is 1460 g/mol. The smallest absolute Gasteiger partial charge is 0.144 e. The first-order valence-corrected chi connectivity index (χ1v) is 39.7. The third-order valence-electron chi connectivity index (χ3n) is 22.6. The van der Waals surface area contributed by atoms with Crippen molar-refractivity contribution in [3.63, 3.8) is 0 Å². The number of para-hydroxylation sites is 4. The molecule has 11 aromatic heterocycles. The number of fused-ring (bicyclic) bond motifs is 15. The fourth-order valence-corrected chi connectivity index (χ4v) is 17.1. The van der Waals surface area contributed by atoms with Crippen LogP contribution >= 0.6 is 0 Å². The van der Waals surface area contributed by atoms with E-state index in [2.05, 4.69) is 316 Å². The third-order valence-corrected chi connectivity index (χ3v) is 22.6. The monoisotopic (exact) mass is 1530 g/mol. The maximum Gasteiger partial charge on any atom is 0.144 e. The van der Waals surface area contributed by atoms with Crippen LogP contribution in [0.4, 0.5) is 0 Å². The number of benzene rings is 13. The van der Waals surface area contributed by atoms with Gasteiger partial charge in [-0.3, -0.25) is 24.5 Å². The van der Waals surface area contributed by atoms with Crippen molar-refractivity contribution in [2.24, 2.45) is 0 Å². The molecule has 0 fully saturated rings. The van der Waals surface area contributed by atoms with E-state index in [1.54, 1.807) is 12.4 Å². The predicted octanol–water partition coefficient (Wildman–Crippen LogP) is 27.7. The lowest BCUT2D eigenvalue weighted by Crippen LogP contribution is -1.97. The van der Waals surface area contributed by atoms with Gasteiger partial charge in [-0.25, -0.2) is 4.98 Å². The van der Waals surface area contributed by atoms with Gasteiger partial charge in [0.1, 0.15) is 39.9 Å². The Hall–Kier alpha value is -16.3. The van der Waals surface area contributed by atoms with E-state index in [1.165, 1.54) is 5.39 Å². The number of nitrogens with zero attached hydrogens (tertiary/aromatic N) is 9. The lowest BCUT2D eigenvalue weighted by molar-refractivity contribution is 0.635. The molecule has 24 rings (SSSR count). The molecule has 119 heavy (non-hydrogen) atoms. The summed E-state index contributed by atoms with van der Waals surface area (Å²) < 4.78 is 28.8. The molecule has 11 heterocycles. The molecule has 0 N–H and O–H groups in total. The number of hydrogen-bond donors (Lipinski definition) is 0. The number of furan rings is 3. The van der Waals surface area contributed by atoms with Crippen molar-refractivity contribution in [3.8, 4) is 113 Å². The Balaban J connectivity index is 0.000000107. The van der Waals surface area contributed by atoms with Gasteiger partial charge < -0.3 is 27.0 Å². The molecule has 0 aliphatic heterocycles. The van der Waals surface area contributed by atoms with Gasteiger partial charge in [0.2, 0.25) is 0 Å². The van der Waals surface area contributed by atoms with Crippen LogP contribution < -0.4 is 0 Å². The zero-order valence-corrected chi connectivity index (χ0v) is 64.1. The highest BCUT2D eigenvalue weighted by molar-refractivity contribution is 6.23. The summed E-state index contributed by atoms with van der Waals surface area (Å²) in [7, 11) is 0. The molecule has 12 nitrogen and oxygen atoms in total. The summed E-state index contributed by atoms with van der Waals surface area (Å²) in [5.74, 6) is 3.55. The summed E-state index contributed by atoms with van der Waals surface area (Å²) >= 11 is 0. The Morgan fingerprint density at radius 2 is 0.563 bits per heavy atom. The van der Waals surface area contributed by atoms with Crippen molar-refractivity contribution in [1.82, 2.24) is 43.2 Å². The number of hydrogen-bond acceptors (Lipinski definition) is 8. The van der Waals surface area contributed by atoms with E-state index >= 15 is 0 Å². The average Bonchev–Trinajstić information content (AvgIpc) is 1.58. The largest absolute Gasteiger partial charge is 0.455 e. The number of imidazole rings is 1. The summed E-state index contributed by atoms with van der Waals surface area (Å²) in [6.07, 6.45) is 18.6. The van der Waals surface area contributed by atoms with Gasteiger partial charge >= 0.3 is 0 Å². The molecule has 0 amide bonds. The topological polar surface area (TPSA) is 124 Å². The fraction of sp³-hybridized carbons (Fsp3) is 0. The molecule has 0 atom stereocenters. The second kappa shape index (κ2) is 29.6. The number of rotatable bonds is 12. The van der Waals surface area contributed by atoms with Gasteiger partial charge in [-0.15, -0.1) is 0 Å². The van der Waals surface area contributed by atoms with Crippen molar-refractivity contribution in [2.75, 3.05) is 0 Å². The summed E-state index contributed by atoms with van der Waals surface area (Å²) in [5, 5.41) is 10.2. The summed E-state index contributed by atoms with van der Waals surface area (Å²) in [6, 6.07) is 125. The molecule has 0 aliphatic carbocycles. The standard InChI is InChI=1S/2C36H23N3O.C35H23N3O/c1-2-8-24(9-3-1)34-21-25-14-15-33-35(36(25)40-34)31-12-4-5-13-32(31)39(33)30-19-28(26-10-6-16-37-22-26)18-29(20-30)27-11-7-17-38-23-27;1-2-6-26(7-3-1)34-23-27-10-11-33-35(36(27)40-34)31-8-4-5-9-32(31)39(33)30-21-28(24-12-16-37-17-13-24)20-29(22-30)25-14-18-38-19-15-25;1-3-9-24(10-4-1)32-23-26-17-20-31-33(34(26)39-32)29-13-7-8-14-30(29)38(31)28-18-15-25(16-19-28)35-36-21-22-37(35)27-11-5-2-6-12-27/h2*1-23H;1-23H. The first kappa shape index (κ1) is 69.4. The molecule has 0 saturated carbocycles. The van der Waals surface area contributed by atoms with Crippen LogP contribution in [0.5, 0.6) is 0 Å². The van der Waals surface area contributed by atoms with Crippen molar-refractivity contribution in [1.29, 1.82) is 0 Å². The molecule has 0 saturated heterocycles. The van der Waals surface area contributed by atoms with Crippen LogP contribution in [0.15, 0.2) is 433 Å². The van der Waals surface area contributed by atoms with Gasteiger partial charge in [0.15, 0.2) is 0 Å². The van der Waals surface area contributed by atoms with Crippen LogP contribution in [0.1, 0.15) is 0 Å². The molecule has 12 heteroatoms. The maximum absolute atomic E-state index is 6.58. The zero-order chi connectivity index (χ0) is 78.7. The van der Waals surface area contributed by atoms with E-state index in [4.69, 9.17) is 13.3 Å².